The van der Waals surface area contributed by atoms with Gasteiger partial charge in [-0.05, 0) is 50.6 Å². The number of aryl methyl sites for hydroxylation is 1. The summed E-state index contributed by atoms with van der Waals surface area (Å²) in [7, 11) is 1.82. The lowest BCUT2D eigenvalue weighted by Gasteiger charge is -2.19. The Morgan fingerprint density at radius 3 is 2.50 bits per heavy atom. The van der Waals surface area contributed by atoms with E-state index in [4.69, 9.17) is 4.74 Å². The van der Waals surface area contributed by atoms with E-state index in [0.29, 0.717) is 6.61 Å². The van der Waals surface area contributed by atoms with Gasteiger partial charge in [-0.25, -0.2) is 0 Å². The van der Waals surface area contributed by atoms with E-state index in [1.165, 1.54) is 0 Å². The molecule has 1 N–H and O–H groups in total. The van der Waals surface area contributed by atoms with Crippen LogP contribution in [-0.2, 0) is 0 Å². The van der Waals surface area contributed by atoms with Crippen molar-refractivity contribution >= 4 is 5.78 Å². The fourth-order valence-electron chi connectivity index (χ4n) is 2.07. The van der Waals surface area contributed by atoms with Crippen molar-refractivity contribution in [2.24, 2.45) is 5.92 Å². The Labute approximate surface area is 110 Å². The molecule has 0 aliphatic carbocycles. The van der Waals surface area contributed by atoms with E-state index in [-0.39, 0.29) is 17.7 Å². The van der Waals surface area contributed by atoms with Crippen molar-refractivity contribution in [2.75, 3.05) is 13.7 Å². The second-order valence-electron chi connectivity index (χ2n) is 4.79. The molecule has 0 saturated carbocycles. The van der Waals surface area contributed by atoms with Gasteiger partial charge in [-0.3, -0.25) is 4.79 Å². The first-order valence-electron chi connectivity index (χ1n) is 6.46. The molecule has 0 aliphatic heterocycles. The normalized spacial score (nSPS) is 12.6. The summed E-state index contributed by atoms with van der Waals surface area (Å²) < 4.78 is 5.48. The largest absolute Gasteiger partial charge is 0.494 e. The topological polar surface area (TPSA) is 38.3 Å². The molecule has 0 saturated heterocycles. The molecule has 1 unspecified atom stereocenters. The average molecular weight is 249 g/mol. The van der Waals surface area contributed by atoms with Gasteiger partial charge in [-0.1, -0.05) is 13.8 Å². The SMILES string of the molecule is CCOc1ccc(C(=O)C(NC)C(C)C)cc1C. The molecular weight excluding hydrogens is 226 g/mol. The van der Waals surface area contributed by atoms with Crippen molar-refractivity contribution in [2.45, 2.75) is 33.7 Å². The first-order chi connectivity index (χ1) is 8.51. The van der Waals surface area contributed by atoms with E-state index in [1.54, 1.807) is 0 Å². The molecule has 100 valence electrons. The Balaban J connectivity index is 2.96. The highest BCUT2D eigenvalue weighted by atomic mass is 16.5. The van der Waals surface area contributed by atoms with Gasteiger partial charge in [-0.2, -0.15) is 0 Å². The second-order valence-corrected chi connectivity index (χ2v) is 4.79. The van der Waals surface area contributed by atoms with Crippen LogP contribution in [0.2, 0.25) is 0 Å². The molecule has 0 spiro atoms. The molecule has 0 bridgehead atoms. The van der Waals surface area contributed by atoms with E-state index in [1.807, 2.05) is 52.9 Å². The number of rotatable bonds is 6. The molecule has 18 heavy (non-hydrogen) atoms. The highest BCUT2D eigenvalue weighted by molar-refractivity contribution is 6.00. The predicted molar refractivity (Wildman–Crippen MR) is 74.4 cm³/mol. The molecular formula is C15H23NO2. The summed E-state index contributed by atoms with van der Waals surface area (Å²) in [5, 5.41) is 3.08. The number of ketones is 1. The van der Waals surface area contributed by atoms with Crippen LogP contribution in [0.1, 0.15) is 36.7 Å². The zero-order chi connectivity index (χ0) is 13.7. The fraction of sp³-hybridized carbons (Fsp3) is 0.533. The van der Waals surface area contributed by atoms with E-state index in [0.717, 1.165) is 16.9 Å². The van der Waals surface area contributed by atoms with Crippen LogP contribution in [0.25, 0.3) is 0 Å². The molecule has 1 aromatic carbocycles. The van der Waals surface area contributed by atoms with Crippen LogP contribution in [-0.4, -0.2) is 25.5 Å². The van der Waals surface area contributed by atoms with E-state index >= 15 is 0 Å². The van der Waals surface area contributed by atoms with Gasteiger partial charge in [0.2, 0.25) is 0 Å². The van der Waals surface area contributed by atoms with E-state index in [9.17, 15) is 4.79 Å². The predicted octanol–water partition coefficient (Wildman–Crippen LogP) is 2.82. The third-order valence-electron chi connectivity index (χ3n) is 3.02. The average Bonchev–Trinajstić information content (AvgIpc) is 2.32. The number of carbonyl (C=O) groups excluding carboxylic acids is 1. The van der Waals surface area contributed by atoms with Crippen molar-refractivity contribution in [3.63, 3.8) is 0 Å². The van der Waals surface area contributed by atoms with Crippen LogP contribution in [0.4, 0.5) is 0 Å². The number of ether oxygens (including phenoxy) is 1. The van der Waals surface area contributed by atoms with Crippen LogP contribution in [0.3, 0.4) is 0 Å². The lowest BCUT2D eigenvalue weighted by molar-refractivity contribution is 0.0922. The summed E-state index contributed by atoms with van der Waals surface area (Å²) in [6, 6.07) is 5.48. The van der Waals surface area contributed by atoms with Crippen molar-refractivity contribution in [1.29, 1.82) is 0 Å². The number of benzene rings is 1. The Morgan fingerprint density at radius 1 is 1.39 bits per heavy atom. The molecule has 0 heterocycles. The van der Waals surface area contributed by atoms with E-state index < -0.39 is 0 Å². The Hall–Kier alpha value is -1.35. The number of hydrogen-bond donors (Lipinski definition) is 1. The zero-order valence-corrected chi connectivity index (χ0v) is 11.9. The molecule has 0 aromatic heterocycles. The minimum Gasteiger partial charge on any atom is -0.494 e. The number of likely N-dealkylation sites (N-methyl/N-ethyl adjacent to an activating group) is 1. The number of nitrogens with one attached hydrogen (secondary N) is 1. The maximum Gasteiger partial charge on any atom is 0.179 e. The van der Waals surface area contributed by atoms with Gasteiger partial charge in [0.15, 0.2) is 5.78 Å². The summed E-state index contributed by atoms with van der Waals surface area (Å²) in [5.41, 5.74) is 1.74. The first kappa shape index (κ1) is 14.7. The second kappa shape index (κ2) is 6.55. The Morgan fingerprint density at radius 2 is 2.06 bits per heavy atom. The van der Waals surface area contributed by atoms with Crippen molar-refractivity contribution in [3.05, 3.63) is 29.3 Å². The Kier molecular flexibility index (Phi) is 5.35. The van der Waals surface area contributed by atoms with Gasteiger partial charge < -0.3 is 10.1 Å². The van der Waals surface area contributed by atoms with Crippen LogP contribution in [0.5, 0.6) is 5.75 Å². The smallest absolute Gasteiger partial charge is 0.179 e. The summed E-state index contributed by atoms with van der Waals surface area (Å²) in [6.07, 6.45) is 0. The van der Waals surface area contributed by atoms with Gasteiger partial charge in [-0.15, -0.1) is 0 Å². The lowest BCUT2D eigenvalue weighted by Crippen LogP contribution is -2.38. The summed E-state index contributed by atoms with van der Waals surface area (Å²) in [4.78, 5) is 12.3. The highest BCUT2D eigenvalue weighted by Crippen LogP contribution is 2.21. The van der Waals surface area contributed by atoms with Crippen LogP contribution in [0.15, 0.2) is 18.2 Å². The molecule has 0 aliphatic rings. The van der Waals surface area contributed by atoms with Crippen molar-refractivity contribution in [1.82, 2.24) is 5.32 Å². The molecule has 1 aromatic rings. The van der Waals surface area contributed by atoms with Crippen LogP contribution >= 0.6 is 0 Å². The van der Waals surface area contributed by atoms with Crippen LogP contribution in [0, 0.1) is 12.8 Å². The van der Waals surface area contributed by atoms with Gasteiger partial charge >= 0.3 is 0 Å². The van der Waals surface area contributed by atoms with Gasteiger partial charge in [0, 0.05) is 5.56 Å². The fourth-order valence-corrected chi connectivity index (χ4v) is 2.07. The summed E-state index contributed by atoms with van der Waals surface area (Å²) >= 11 is 0. The molecule has 0 amide bonds. The summed E-state index contributed by atoms with van der Waals surface area (Å²) in [6.45, 7) is 8.64. The number of hydrogen-bond acceptors (Lipinski definition) is 3. The van der Waals surface area contributed by atoms with Gasteiger partial charge in [0.05, 0.1) is 12.6 Å². The highest BCUT2D eigenvalue weighted by Gasteiger charge is 2.21. The maximum atomic E-state index is 12.3. The number of Topliss-reactive ketones (excluding diaryl/α,β-unsaturated/α-hetero) is 1. The van der Waals surface area contributed by atoms with Crippen molar-refractivity contribution in [3.8, 4) is 5.75 Å². The molecule has 1 rings (SSSR count). The molecule has 1 atom stereocenters. The minimum absolute atomic E-state index is 0.137. The van der Waals surface area contributed by atoms with E-state index in [2.05, 4.69) is 5.32 Å². The molecule has 0 fully saturated rings. The summed E-state index contributed by atoms with van der Waals surface area (Å²) in [5.74, 6) is 1.26. The maximum absolute atomic E-state index is 12.3. The monoisotopic (exact) mass is 249 g/mol. The first-order valence-corrected chi connectivity index (χ1v) is 6.46. The lowest BCUT2D eigenvalue weighted by atomic mass is 9.94. The van der Waals surface area contributed by atoms with Crippen molar-refractivity contribution < 1.29 is 9.53 Å². The minimum atomic E-state index is -0.137. The van der Waals surface area contributed by atoms with Gasteiger partial charge in [0.25, 0.3) is 0 Å². The molecule has 0 radical (unpaired) electrons. The standard InChI is InChI=1S/C15H23NO2/c1-6-18-13-8-7-12(9-11(13)4)15(17)14(16-5)10(2)3/h7-10,14,16H,6H2,1-5H3. The molecule has 3 nitrogen and oxygen atoms in total. The third-order valence-corrected chi connectivity index (χ3v) is 3.02. The Bertz CT molecular complexity index is 413. The van der Waals surface area contributed by atoms with Crippen LogP contribution < -0.4 is 10.1 Å². The number of carbonyl (C=O) groups is 1. The molecule has 3 heteroatoms. The van der Waals surface area contributed by atoms with Gasteiger partial charge in [0.1, 0.15) is 5.75 Å². The third kappa shape index (κ3) is 3.33. The quantitative estimate of drug-likeness (QED) is 0.788. The zero-order valence-electron chi connectivity index (χ0n) is 11.9.